The van der Waals surface area contributed by atoms with Gasteiger partial charge in [0, 0.05) is 12.6 Å². The number of hydrogen-bond donors (Lipinski definition) is 1. The second-order valence-electron chi connectivity index (χ2n) is 6.63. The van der Waals surface area contributed by atoms with E-state index < -0.39 is 6.61 Å². The third kappa shape index (κ3) is 6.07. The van der Waals surface area contributed by atoms with Crippen molar-refractivity contribution in [2.45, 2.75) is 51.8 Å². The summed E-state index contributed by atoms with van der Waals surface area (Å²) in [4.78, 5) is 14.1. The van der Waals surface area contributed by atoms with Gasteiger partial charge in [-0.2, -0.15) is 8.78 Å². The highest BCUT2D eigenvalue weighted by Crippen LogP contribution is 2.23. The van der Waals surface area contributed by atoms with E-state index in [1.807, 2.05) is 11.9 Å². The molecule has 0 spiro atoms. The van der Waals surface area contributed by atoms with Gasteiger partial charge in [-0.05, 0) is 43.5 Å². The van der Waals surface area contributed by atoms with Gasteiger partial charge in [0.2, 0.25) is 5.91 Å². The fourth-order valence-corrected chi connectivity index (χ4v) is 3.17. The van der Waals surface area contributed by atoms with Gasteiger partial charge in [-0.3, -0.25) is 9.69 Å². The number of alkyl halides is 2. The number of rotatable bonds is 7. The van der Waals surface area contributed by atoms with Crippen molar-refractivity contribution in [1.82, 2.24) is 10.2 Å². The van der Waals surface area contributed by atoms with E-state index >= 15 is 0 Å². The van der Waals surface area contributed by atoms with Gasteiger partial charge in [0.25, 0.3) is 0 Å². The molecule has 0 radical (unpaired) electrons. The molecule has 0 heterocycles. The summed E-state index contributed by atoms with van der Waals surface area (Å²) >= 11 is 0. The molecule has 0 aromatic heterocycles. The average molecular weight is 340 g/mol. The quantitative estimate of drug-likeness (QED) is 0.827. The lowest BCUT2D eigenvalue weighted by molar-refractivity contribution is -0.123. The number of nitrogens with one attached hydrogen (secondary N) is 1. The minimum Gasteiger partial charge on any atom is -0.435 e. The lowest BCUT2D eigenvalue weighted by Crippen LogP contribution is -2.44. The van der Waals surface area contributed by atoms with E-state index in [0.29, 0.717) is 19.0 Å². The topological polar surface area (TPSA) is 41.6 Å². The Labute approximate surface area is 142 Å². The standard InChI is InChI=1S/C18H26F2N2O2/c1-13-5-3-4-6-16(13)21-17(23)12-22(2)11-14-7-9-15(10-8-14)24-18(19)20/h7-10,13,16,18H,3-6,11-12H2,1-2H3,(H,21,23)/t13-,16+/m1/s1. The molecule has 1 N–H and O–H groups in total. The minimum atomic E-state index is -2.82. The van der Waals surface area contributed by atoms with Gasteiger partial charge < -0.3 is 10.1 Å². The summed E-state index contributed by atoms with van der Waals surface area (Å²) in [5.74, 6) is 0.713. The normalized spacial score (nSPS) is 21.1. The molecule has 1 aliphatic rings. The number of carbonyl (C=O) groups is 1. The summed E-state index contributed by atoms with van der Waals surface area (Å²) in [5.41, 5.74) is 0.943. The Hall–Kier alpha value is -1.69. The summed E-state index contributed by atoms with van der Waals surface area (Å²) < 4.78 is 28.6. The highest BCUT2D eigenvalue weighted by atomic mass is 19.3. The zero-order chi connectivity index (χ0) is 17.5. The maximum absolute atomic E-state index is 12.2. The molecular formula is C18H26F2N2O2. The highest BCUT2D eigenvalue weighted by molar-refractivity contribution is 5.78. The Balaban J connectivity index is 1.77. The van der Waals surface area contributed by atoms with Crippen LogP contribution in [-0.2, 0) is 11.3 Å². The molecule has 6 heteroatoms. The van der Waals surface area contributed by atoms with Crippen molar-refractivity contribution in [3.05, 3.63) is 29.8 Å². The molecule has 2 rings (SSSR count). The Morgan fingerprint density at radius 3 is 2.58 bits per heavy atom. The number of ether oxygens (including phenoxy) is 1. The second-order valence-corrected chi connectivity index (χ2v) is 6.63. The number of hydrogen-bond acceptors (Lipinski definition) is 3. The first kappa shape index (κ1) is 18.6. The summed E-state index contributed by atoms with van der Waals surface area (Å²) in [6.07, 6.45) is 4.66. The van der Waals surface area contributed by atoms with Gasteiger partial charge in [0.05, 0.1) is 6.54 Å². The van der Waals surface area contributed by atoms with E-state index in [2.05, 4.69) is 17.0 Å². The van der Waals surface area contributed by atoms with Crippen LogP contribution in [0.4, 0.5) is 8.78 Å². The van der Waals surface area contributed by atoms with Crippen LogP contribution in [0.2, 0.25) is 0 Å². The monoisotopic (exact) mass is 340 g/mol. The van der Waals surface area contributed by atoms with Crippen molar-refractivity contribution >= 4 is 5.91 Å². The number of halogens is 2. The fraction of sp³-hybridized carbons (Fsp3) is 0.611. The Bertz CT molecular complexity index is 522. The molecule has 1 amide bonds. The van der Waals surface area contributed by atoms with Crippen LogP contribution < -0.4 is 10.1 Å². The molecule has 2 atom stereocenters. The molecule has 0 saturated heterocycles. The van der Waals surface area contributed by atoms with Crippen molar-refractivity contribution in [2.75, 3.05) is 13.6 Å². The first-order valence-electron chi connectivity index (χ1n) is 8.45. The summed E-state index contributed by atoms with van der Waals surface area (Å²) in [6, 6.07) is 6.77. The largest absolute Gasteiger partial charge is 0.435 e. The smallest absolute Gasteiger partial charge is 0.387 e. The third-order valence-electron chi connectivity index (χ3n) is 4.47. The summed E-state index contributed by atoms with van der Waals surface area (Å²) in [7, 11) is 1.87. The van der Waals surface area contributed by atoms with Crippen LogP contribution in [0, 0.1) is 5.92 Å². The van der Waals surface area contributed by atoms with Gasteiger partial charge in [-0.1, -0.05) is 31.9 Å². The average Bonchev–Trinajstić information content (AvgIpc) is 2.51. The first-order chi connectivity index (χ1) is 11.4. The maximum Gasteiger partial charge on any atom is 0.387 e. The SMILES string of the molecule is C[C@@H]1CCCC[C@@H]1NC(=O)CN(C)Cc1ccc(OC(F)F)cc1. The third-order valence-corrected chi connectivity index (χ3v) is 4.47. The Kier molecular flexibility index (Phi) is 6.97. The molecule has 0 aliphatic heterocycles. The van der Waals surface area contributed by atoms with Gasteiger partial charge in [-0.15, -0.1) is 0 Å². The van der Waals surface area contributed by atoms with Gasteiger partial charge in [0.1, 0.15) is 5.75 Å². The van der Waals surface area contributed by atoms with E-state index in [4.69, 9.17) is 0 Å². The number of carbonyl (C=O) groups excluding carboxylic acids is 1. The predicted molar refractivity (Wildman–Crippen MR) is 89.0 cm³/mol. The summed E-state index contributed by atoms with van der Waals surface area (Å²) in [6.45, 7) is 0.266. The van der Waals surface area contributed by atoms with Crippen LogP contribution in [0.5, 0.6) is 5.75 Å². The zero-order valence-electron chi connectivity index (χ0n) is 14.3. The van der Waals surface area contributed by atoms with Crippen LogP contribution in [0.25, 0.3) is 0 Å². The molecule has 1 fully saturated rings. The lowest BCUT2D eigenvalue weighted by atomic mass is 9.86. The van der Waals surface area contributed by atoms with E-state index in [9.17, 15) is 13.6 Å². The predicted octanol–water partition coefficient (Wildman–Crippen LogP) is 3.41. The Morgan fingerprint density at radius 2 is 1.96 bits per heavy atom. The van der Waals surface area contributed by atoms with Crippen molar-refractivity contribution in [1.29, 1.82) is 0 Å². The molecule has 1 saturated carbocycles. The fourth-order valence-electron chi connectivity index (χ4n) is 3.17. The molecule has 1 aromatic carbocycles. The van der Waals surface area contributed by atoms with Crippen LogP contribution in [0.15, 0.2) is 24.3 Å². The molecule has 1 aromatic rings. The molecular weight excluding hydrogens is 314 g/mol. The van der Waals surface area contributed by atoms with E-state index in [1.165, 1.54) is 31.4 Å². The van der Waals surface area contributed by atoms with E-state index in [-0.39, 0.29) is 17.7 Å². The molecule has 0 unspecified atom stereocenters. The van der Waals surface area contributed by atoms with Gasteiger partial charge in [-0.25, -0.2) is 0 Å². The number of benzene rings is 1. The van der Waals surface area contributed by atoms with Crippen LogP contribution >= 0.6 is 0 Å². The molecule has 0 bridgehead atoms. The first-order valence-corrected chi connectivity index (χ1v) is 8.45. The van der Waals surface area contributed by atoms with Crippen molar-refractivity contribution in [2.24, 2.45) is 5.92 Å². The van der Waals surface area contributed by atoms with Crippen LogP contribution in [-0.4, -0.2) is 37.1 Å². The number of likely N-dealkylation sites (N-methyl/N-ethyl adjacent to an activating group) is 1. The summed E-state index contributed by atoms with van der Waals surface area (Å²) in [5, 5.41) is 3.13. The van der Waals surface area contributed by atoms with E-state index in [1.54, 1.807) is 12.1 Å². The van der Waals surface area contributed by atoms with E-state index in [0.717, 1.165) is 12.0 Å². The van der Waals surface area contributed by atoms with Crippen LogP contribution in [0.1, 0.15) is 38.2 Å². The van der Waals surface area contributed by atoms with Gasteiger partial charge in [0.15, 0.2) is 0 Å². The van der Waals surface area contributed by atoms with Crippen molar-refractivity contribution < 1.29 is 18.3 Å². The zero-order valence-corrected chi connectivity index (χ0v) is 14.3. The number of nitrogens with zero attached hydrogens (tertiary/aromatic N) is 1. The highest BCUT2D eigenvalue weighted by Gasteiger charge is 2.23. The van der Waals surface area contributed by atoms with Crippen LogP contribution in [0.3, 0.4) is 0 Å². The number of amides is 1. The van der Waals surface area contributed by atoms with Crippen molar-refractivity contribution in [3.8, 4) is 5.75 Å². The molecule has 134 valence electrons. The molecule has 1 aliphatic carbocycles. The lowest BCUT2D eigenvalue weighted by Gasteiger charge is -2.30. The minimum absolute atomic E-state index is 0.0360. The molecule has 4 nitrogen and oxygen atoms in total. The van der Waals surface area contributed by atoms with Gasteiger partial charge >= 0.3 is 6.61 Å². The molecule has 24 heavy (non-hydrogen) atoms. The Morgan fingerprint density at radius 1 is 1.29 bits per heavy atom. The second kappa shape index (κ2) is 8.97. The maximum atomic E-state index is 12.2. The van der Waals surface area contributed by atoms with Crippen molar-refractivity contribution in [3.63, 3.8) is 0 Å².